The summed E-state index contributed by atoms with van der Waals surface area (Å²) in [5.41, 5.74) is 6.61. The maximum Gasteiger partial charge on any atom is 0.319 e. The highest BCUT2D eigenvalue weighted by Gasteiger charge is 2.16. The molecule has 2 rings (SSSR count). The summed E-state index contributed by atoms with van der Waals surface area (Å²) in [5, 5.41) is 7.24. The Balaban J connectivity index is 1.80. The Kier molecular flexibility index (Phi) is 6.62. The molecule has 1 fully saturated rings. The van der Waals surface area contributed by atoms with Crippen molar-refractivity contribution in [2.45, 2.75) is 26.2 Å². The van der Waals surface area contributed by atoms with Crippen LogP contribution in [-0.4, -0.2) is 37.6 Å². The van der Waals surface area contributed by atoms with Crippen molar-refractivity contribution in [2.24, 2.45) is 11.7 Å². The molecule has 0 atom stereocenters. The summed E-state index contributed by atoms with van der Waals surface area (Å²) in [5.74, 6) is 0.226. The summed E-state index contributed by atoms with van der Waals surface area (Å²) in [4.78, 5) is 36.0. The summed E-state index contributed by atoms with van der Waals surface area (Å²) in [6, 6.07) is 6.39. The predicted molar refractivity (Wildman–Crippen MR) is 96.4 cm³/mol. The minimum atomic E-state index is -0.904. The molecule has 5 amide bonds. The van der Waals surface area contributed by atoms with Gasteiger partial charge in [-0.05, 0) is 37.0 Å². The van der Waals surface area contributed by atoms with E-state index in [0.29, 0.717) is 5.69 Å². The molecule has 1 heterocycles. The number of nitrogens with zero attached hydrogens (tertiary/aromatic N) is 1. The van der Waals surface area contributed by atoms with E-state index >= 15 is 0 Å². The fourth-order valence-corrected chi connectivity index (χ4v) is 2.71. The highest BCUT2D eigenvalue weighted by atomic mass is 16.2. The van der Waals surface area contributed by atoms with Crippen molar-refractivity contribution >= 4 is 29.3 Å². The topological polar surface area (TPSA) is 117 Å². The summed E-state index contributed by atoms with van der Waals surface area (Å²) in [6.07, 6.45) is 2.32. The maximum absolute atomic E-state index is 11.9. The van der Waals surface area contributed by atoms with Crippen molar-refractivity contribution in [1.82, 2.24) is 10.6 Å². The van der Waals surface area contributed by atoms with Gasteiger partial charge in [-0.25, -0.2) is 9.59 Å². The number of urea groups is 2. The van der Waals surface area contributed by atoms with Crippen molar-refractivity contribution in [1.29, 1.82) is 0 Å². The minimum absolute atomic E-state index is 0.0254. The van der Waals surface area contributed by atoms with Crippen LogP contribution in [0.1, 0.15) is 26.2 Å². The van der Waals surface area contributed by atoms with Gasteiger partial charge in [0.15, 0.2) is 0 Å². The minimum Gasteiger partial charge on any atom is -0.371 e. The molecule has 1 aliphatic heterocycles. The van der Waals surface area contributed by atoms with Crippen LogP contribution in [0.25, 0.3) is 0 Å². The first kappa shape index (κ1) is 18.6. The number of nitrogens with two attached hydrogens (primary N) is 1. The van der Waals surface area contributed by atoms with Crippen molar-refractivity contribution in [2.75, 3.05) is 29.9 Å². The molecule has 5 N–H and O–H groups in total. The predicted octanol–water partition coefficient (Wildman–Crippen LogP) is 1.63. The van der Waals surface area contributed by atoms with Gasteiger partial charge in [-0.2, -0.15) is 0 Å². The molecule has 0 saturated carbocycles. The Hall–Kier alpha value is -2.77. The summed E-state index contributed by atoms with van der Waals surface area (Å²) >= 11 is 0. The van der Waals surface area contributed by atoms with Crippen LogP contribution in [-0.2, 0) is 4.79 Å². The van der Waals surface area contributed by atoms with E-state index in [9.17, 15) is 14.4 Å². The lowest BCUT2D eigenvalue weighted by Crippen LogP contribution is -2.38. The first-order chi connectivity index (χ1) is 11.9. The number of anilines is 2. The van der Waals surface area contributed by atoms with E-state index in [0.717, 1.165) is 24.7 Å². The number of carbonyl (C=O) groups is 3. The van der Waals surface area contributed by atoms with Gasteiger partial charge in [0.05, 0.1) is 0 Å². The molecule has 1 aliphatic rings. The molecule has 1 aromatic rings. The number of hydrogen-bond donors (Lipinski definition) is 4. The van der Waals surface area contributed by atoms with E-state index in [4.69, 9.17) is 5.73 Å². The molecule has 8 heteroatoms. The number of amides is 5. The SMILES string of the molecule is CC1CCN(c2cccc(NC(=O)NCCC(=O)NC(N)=O)c2)CC1. The molecule has 0 radical (unpaired) electrons. The summed E-state index contributed by atoms with van der Waals surface area (Å²) in [7, 11) is 0. The van der Waals surface area contributed by atoms with Gasteiger partial charge in [0.2, 0.25) is 5.91 Å². The van der Waals surface area contributed by atoms with Crippen LogP contribution in [0.15, 0.2) is 24.3 Å². The van der Waals surface area contributed by atoms with Crippen LogP contribution in [0, 0.1) is 5.92 Å². The summed E-state index contributed by atoms with van der Waals surface area (Å²) < 4.78 is 0. The number of nitrogens with one attached hydrogen (secondary N) is 3. The zero-order valence-electron chi connectivity index (χ0n) is 14.4. The van der Waals surface area contributed by atoms with Crippen LogP contribution in [0.4, 0.5) is 21.0 Å². The fraction of sp³-hybridized carbons (Fsp3) is 0.471. The highest BCUT2D eigenvalue weighted by molar-refractivity contribution is 5.94. The summed E-state index contributed by atoms with van der Waals surface area (Å²) in [6.45, 7) is 4.41. The number of imide groups is 1. The first-order valence-electron chi connectivity index (χ1n) is 8.43. The quantitative estimate of drug-likeness (QED) is 0.647. The molecule has 0 aliphatic carbocycles. The van der Waals surface area contributed by atoms with E-state index in [1.807, 2.05) is 29.6 Å². The maximum atomic E-state index is 11.9. The lowest BCUT2D eigenvalue weighted by molar-refractivity contribution is -0.119. The van der Waals surface area contributed by atoms with Crippen LogP contribution in [0.3, 0.4) is 0 Å². The van der Waals surface area contributed by atoms with Crippen LogP contribution < -0.4 is 26.6 Å². The van der Waals surface area contributed by atoms with Gasteiger partial charge in [0.1, 0.15) is 0 Å². The van der Waals surface area contributed by atoms with E-state index < -0.39 is 18.0 Å². The van der Waals surface area contributed by atoms with Gasteiger partial charge < -0.3 is 21.3 Å². The molecule has 1 saturated heterocycles. The van der Waals surface area contributed by atoms with E-state index in [-0.39, 0.29) is 13.0 Å². The number of piperidine rings is 1. The standard InChI is InChI=1S/C17H25N5O3/c1-12-6-9-22(10-7-12)14-4-2-3-13(11-14)20-17(25)19-8-5-15(23)21-16(18)24/h2-4,11-12H,5-10H2,1H3,(H2,19,20,25)(H3,18,21,23,24). The number of carbonyl (C=O) groups excluding carboxylic acids is 3. The number of benzene rings is 1. The highest BCUT2D eigenvalue weighted by Crippen LogP contribution is 2.25. The van der Waals surface area contributed by atoms with Crippen molar-refractivity contribution in [3.8, 4) is 0 Å². The molecular weight excluding hydrogens is 322 g/mol. The second-order valence-corrected chi connectivity index (χ2v) is 6.26. The Bertz CT molecular complexity index is 626. The molecule has 0 bridgehead atoms. The van der Waals surface area contributed by atoms with Crippen molar-refractivity contribution < 1.29 is 14.4 Å². The zero-order chi connectivity index (χ0) is 18.2. The molecule has 0 spiro atoms. The van der Waals surface area contributed by atoms with Gasteiger partial charge in [0, 0.05) is 37.4 Å². The number of primary amides is 1. The largest absolute Gasteiger partial charge is 0.371 e. The van der Waals surface area contributed by atoms with Crippen LogP contribution in [0.2, 0.25) is 0 Å². The van der Waals surface area contributed by atoms with Gasteiger partial charge in [-0.15, -0.1) is 0 Å². The third-order valence-corrected chi connectivity index (χ3v) is 4.15. The van der Waals surface area contributed by atoms with Crippen molar-refractivity contribution in [3.63, 3.8) is 0 Å². The Morgan fingerprint density at radius 1 is 1.24 bits per heavy atom. The molecule has 25 heavy (non-hydrogen) atoms. The van der Waals surface area contributed by atoms with Gasteiger partial charge >= 0.3 is 12.1 Å². The average Bonchev–Trinajstić information content (AvgIpc) is 2.55. The molecule has 0 aromatic heterocycles. The van der Waals surface area contributed by atoms with E-state index in [1.54, 1.807) is 0 Å². The Labute approximate surface area is 147 Å². The molecule has 136 valence electrons. The number of rotatable bonds is 5. The lowest BCUT2D eigenvalue weighted by atomic mass is 9.99. The lowest BCUT2D eigenvalue weighted by Gasteiger charge is -2.32. The third kappa shape index (κ3) is 6.33. The Morgan fingerprint density at radius 3 is 2.64 bits per heavy atom. The van der Waals surface area contributed by atoms with E-state index in [2.05, 4.69) is 22.5 Å². The van der Waals surface area contributed by atoms with Crippen LogP contribution >= 0.6 is 0 Å². The fourth-order valence-electron chi connectivity index (χ4n) is 2.71. The molecule has 1 aromatic carbocycles. The second-order valence-electron chi connectivity index (χ2n) is 6.26. The monoisotopic (exact) mass is 347 g/mol. The second kappa shape index (κ2) is 8.91. The van der Waals surface area contributed by atoms with Crippen LogP contribution in [0.5, 0.6) is 0 Å². The number of hydrogen-bond acceptors (Lipinski definition) is 4. The normalized spacial score (nSPS) is 14.7. The van der Waals surface area contributed by atoms with E-state index in [1.165, 1.54) is 12.8 Å². The smallest absolute Gasteiger partial charge is 0.319 e. The first-order valence-corrected chi connectivity index (χ1v) is 8.43. The molecule has 8 nitrogen and oxygen atoms in total. The van der Waals surface area contributed by atoms with Gasteiger partial charge in [-0.1, -0.05) is 13.0 Å². The van der Waals surface area contributed by atoms with Crippen molar-refractivity contribution in [3.05, 3.63) is 24.3 Å². The molecular formula is C17H25N5O3. The zero-order valence-corrected chi connectivity index (χ0v) is 14.4. The molecule has 0 unspecified atom stereocenters. The average molecular weight is 347 g/mol. The third-order valence-electron chi connectivity index (χ3n) is 4.15. The van der Waals surface area contributed by atoms with Gasteiger partial charge in [-0.3, -0.25) is 10.1 Å². The van der Waals surface area contributed by atoms with Gasteiger partial charge in [0.25, 0.3) is 0 Å². The Morgan fingerprint density at radius 2 is 1.96 bits per heavy atom.